The number of nitrogens with zero attached hydrogens (tertiary/aromatic N) is 7. The van der Waals surface area contributed by atoms with E-state index in [4.69, 9.17) is 9.97 Å². The van der Waals surface area contributed by atoms with E-state index in [1.165, 1.54) is 12.1 Å². The Bertz CT molecular complexity index is 1670. The highest BCUT2D eigenvalue weighted by atomic mass is 16.3. The lowest BCUT2D eigenvalue weighted by Gasteiger charge is -2.33. The van der Waals surface area contributed by atoms with Gasteiger partial charge in [0.05, 0.1) is 12.2 Å². The summed E-state index contributed by atoms with van der Waals surface area (Å²) in [6.07, 6.45) is 6.89. The molecular weight excluding hydrogens is 504 g/mol. The fraction of sp³-hybridized carbons (Fsp3) is 0.400. The number of aryl methyl sites for hydroxylation is 1. The summed E-state index contributed by atoms with van der Waals surface area (Å²) in [6.45, 7) is 8.10. The number of piperazine rings is 1. The van der Waals surface area contributed by atoms with Crippen molar-refractivity contribution < 1.29 is 5.11 Å². The Hall–Kier alpha value is -4.02. The zero-order chi connectivity index (χ0) is 27.6. The summed E-state index contributed by atoms with van der Waals surface area (Å²) in [4.78, 5) is 32.4. The number of nitrogens with one attached hydrogen (secondary N) is 1. The van der Waals surface area contributed by atoms with Gasteiger partial charge in [-0.25, -0.2) is 19.3 Å². The molecule has 10 heteroatoms. The van der Waals surface area contributed by atoms with Crippen molar-refractivity contribution in [2.75, 3.05) is 30.4 Å². The van der Waals surface area contributed by atoms with Crippen LogP contribution in [0.5, 0.6) is 0 Å². The van der Waals surface area contributed by atoms with Crippen molar-refractivity contribution in [3.8, 4) is 5.82 Å². The molecule has 4 aromatic rings. The third-order valence-electron chi connectivity index (χ3n) is 8.75. The maximum Gasteiger partial charge on any atom is 0.278 e. The van der Waals surface area contributed by atoms with Gasteiger partial charge in [-0.3, -0.25) is 9.69 Å². The number of fused-ring (bicyclic) bond motifs is 4. The first-order chi connectivity index (χ1) is 19.3. The lowest BCUT2D eigenvalue weighted by molar-refractivity contribution is 0.0339. The van der Waals surface area contributed by atoms with Crippen molar-refractivity contribution in [1.82, 2.24) is 29.2 Å². The van der Waals surface area contributed by atoms with E-state index in [1.807, 2.05) is 24.3 Å². The number of aliphatic hydroxyl groups is 1. The van der Waals surface area contributed by atoms with Crippen LogP contribution in [0, 0.1) is 0 Å². The summed E-state index contributed by atoms with van der Waals surface area (Å²) in [5, 5.41) is 14.7. The maximum atomic E-state index is 13.3. The third-order valence-corrected chi connectivity index (χ3v) is 8.75. The van der Waals surface area contributed by atoms with Gasteiger partial charge in [0, 0.05) is 42.7 Å². The highest BCUT2D eigenvalue weighted by Crippen LogP contribution is 2.35. The molecule has 3 aliphatic rings. The largest absolute Gasteiger partial charge is 0.384 e. The van der Waals surface area contributed by atoms with Crippen LogP contribution in [0.25, 0.3) is 16.9 Å². The monoisotopic (exact) mass is 538 g/mol. The van der Waals surface area contributed by atoms with Crippen LogP contribution in [0.2, 0.25) is 0 Å². The summed E-state index contributed by atoms with van der Waals surface area (Å²) >= 11 is 0. The highest BCUT2D eigenvalue weighted by molar-refractivity contribution is 5.77. The second-order valence-electron chi connectivity index (χ2n) is 11.5. The quantitative estimate of drug-likeness (QED) is 0.360. The number of anilines is 3. The van der Waals surface area contributed by atoms with Gasteiger partial charge in [-0.1, -0.05) is 12.1 Å². The SMILES string of the molecule is C=CCn1c(=O)c2cnc(Nc3ccc(N4C[C@@H]5C[C@H]4CN5C)cc3)nc2n1-c1ccc2c(n1)[C@](C)(O)CCC2. The third kappa shape index (κ3) is 4.01. The topological polar surface area (TPSA) is 104 Å². The molecule has 0 spiro atoms. The Kier molecular flexibility index (Phi) is 5.79. The minimum atomic E-state index is -1.02. The van der Waals surface area contributed by atoms with Crippen molar-refractivity contribution in [2.45, 2.75) is 56.8 Å². The smallest absolute Gasteiger partial charge is 0.278 e. The average Bonchev–Trinajstić information content (AvgIpc) is 3.60. The van der Waals surface area contributed by atoms with E-state index in [2.05, 4.69) is 45.9 Å². The first-order valence-corrected chi connectivity index (χ1v) is 14.0. The number of likely N-dealkylation sites (tertiary alicyclic amines) is 1. The van der Waals surface area contributed by atoms with Crippen molar-refractivity contribution in [2.24, 2.45) is 0 Å². The Labute approximate surface area is 232 Å². The normalized spacial score (nSPS) is 24.0. The fourth-order valence-corrected chi connectivity index (χ4v) is 6.66. The van der Waals surface area contributed by atoms with Crippen LogP contribution in [0.3, 0.4) is 0 Å². The minimum Gasteiger partial charge on any atom is -0.384 e. The molecule has 0 amide bonds. The molecule has 2 saturated heterocycles. The van der Waals surface area contributed by atoms with E-state index >= 15 is 0 Å². The molecule has 7 rings (SSSR count). The summed E-state index contributed by atoms with van der Waals surface area (Å²) in [7, 11) is 2.21. The van der Waals surface area contributed by atoms with E-state index < -0.39 is 5.60 Å². The first kappa shape index (κ1) is 25.0. The summed E-state index contributed by atoms with van der Waals surface area (Å²) in [6, 6.07) is 13.5. The lowest BCUT2D eigenvalue weighted by atomic mass is 9.84. The molecule has 10 nitrogen and oxygen atoms in total. The van der Waals surface area contributed by atoms with E-state index in [1.54, 1.807) is 28.6 Å². The van der Waals surface area contributed by atoms with Crippen molar-refractivity contribution in [3.05, 3.63) is 76.9 Å². The van der Waals surface area contributed by atoms with Gasteiger partial charge >= 0.3 is 0 Å². The van der Waals surface area contributed by atoms with Crippen LogP contribution in [-0.4, -0.2) is 66.5 Å². The van der Waals surface area contributed by atoms with Gasteiger partial charge in [-0.15, -0.1) is 6.58 Å². The second-order valence-corrected chi connectivity index (χ2v) is 11.5. The van der Waals surface area contributed by atoms with Crippen molar-refractivity contribution >= 4 is 28.4 Å². The van der Waals surface area contributed by atoms with Crippen molar-refractivity contribution in [3.63, 3.8) is 0 Å². The molecule has 3 aromatic heterocycles. The van der Waals surface area contributed by atoms with E-state index in [9.17, 15) is 9.90 Å². The number of likely N-dealkylation sites (N-methyl/N-ethyl adjacent to an activating group) is 1. The average molecular weight is 539 g/mol. The summed E-state index contributed by atoms with van der Waals surface area (Å²) in [5.74, 6) is 0.908. The van der Waals surface area contributed by atoms with Gasteiger partial charge in [0.2, 0.25) is 5.95 Å². The lowest BCUT2D eigenvalue weighted by Crippen LogP contribution is -2.44. The number of hydrogen-bond acceptors (Lipinski definition) is 8. The number of aromatic nitrogens is 5. The molecule has 1 aromatic carbocycles. The predicted octanol–water partition coefficient (Wildman–Crippen LogP) is 3.34. The minimum absolute atomic E-state index is 0.220. The Balaban J connectivity index is 1.23. The van der Waals surface area contributed by atoms with Gasteiger partial charge in [-0.05, 0) is 75.5 Å². The van der Waals surface area contributed by atoms with E-state index in [0.29, 0.717) is 47.0 Å². The Morgan fingerprint density at radius 1 is 1.15 bits per heavy atom. The van der Waals surface area contributed by atoms with Gasteiger partial charge in [0.15, 0.2) is 11.5 Å². The van der Waals surface area contributed by atoms with Gasteiger partial charge in [-0.2, -0.15) is 4.98 Å². The molecule has 0 saturated carbocycles. The number of rotatable bonds is 6. The molecule has 2 bridgehead atoms. The molecule has 0 radical (unpaired) electrons. The Morgan fingerprint density at radius 3 is 2.70 bits per heavy atom. The van der Waals surface area contributed by atoms with Gasteiger partial charge < -0.3 is 15.3 Å². The molecule has 2 aliphatic heterocycles. The van der Waals surface area contributed by atoms with Gasteiger partial charge in [0.25, 0.3) is 5.56 Å². The predicted molar refractivity (Wildman–Crippen MR) is 156 cm³/mol. The Morgan fingerprint density at radius 2 is 1.98 bits per heavy atom. The molecule has 40 heavy (non-hydrogen) atoms. The van der Waals surface area contributed by atoms with Crippen LogP contribution < -0.4 is 15.8 Å². The van der Waals surface area contributed by atoms with Crippen LogP contribution in [0.4, 0.5) is 17.3 Å². The van der Waals surface area contributed by atoms with Crippen LogP contribution in [-0.2, 0) is 18.6 Å². The zero-order valence-electron chi connectivity index (χ0n) is 22.9. The fourth-order valence-electron chi connectivity index (χ4n) is 6.66. The number of allylic oxidation sites excluding steroid dienone is 1. The molecule has 2 N–H and O–H groups in total. The van der Waals surface area contributed by atoms with Crippen LogP contribution in [0.1, 0.15) is 37.4 Å². The first-order valence-electron chi connectivity index (χ1n) is 14.0. The highest BCUT2D eigenvalue weighted by Gasteiger charge is 2.41. The maximum absolute atomic E-state index is 13.3. The van der Waals surface area contributed by atoms with E-state index in [0.717, 1.165) is 37.2 Å². The molecular formula is C30H34N8O2. The zero-order valence-corrected chi connectivity index (χ0v) is 22.9. The summed E-state index contributed by atoms with van der Waals surface area (Å²) in [5.41, 5.74) is 2.99. The van der Waals surface area contributed by atoms with E-state index in [-0.39, 0.29) is 12.1 Å². The molecule has 0 unspecified atom stereocenters. The van der Waals surface area contributed by atoms with Crippen LogP contribution in [0.15, 0.2) is 60.0 Å². The van der Waals surface area contributed by atoms with Crippen molar-refractivity contribution in [1.29, 1.82) is 0 Å². The molecule has 5 heterocycles. The number of hydrogen-bond donors (Lipinski definition) is 2. The standard InChI is InChI=1S/C30H34N8O2/c1-4-14-37-28(39)24-16-31-29(32-20-8-10-21(11-9-20)36-18-22-15-23(36)17-35(22)3)34-27(24)38(37)25-12-7-19-6-5-13-30(2,40)26(19)33-25/h4,7-12,16,22-23,40H,1,5-6,13-15,17-18H2,2-3H3,(H,31,32,34)/t22-,23-,30+/m0/s1. The number of benzene rings is 1. The molecule has 206 valence electrons. The molecule has 3 atom stereocenters. The van der Waals surface area contributed by atoms with Gasteiger partial charge in [0.1, 0.15) is 11.0 Å². The second kappa shape index (κ2) is 9.28. The van der Waals surface area contributed by atoms with Crippen LogP contribution >= 0.6 is 0 Å². The molecule has 1 aliphatic carbocycles. The molecule has 2 fully saturated rings. The number of pyridine rings is 1. The summed E-state index contributed by atoms with van der Waals surface area (Å²) < 4.78 is 3.26.